The Bertz CT molecular complexity index is 440. The molecule has 168 valence electrons. The summed E-state index contributed by atoms with van der Waals surface area (Å²) in [5.41, 5.74) is 1.18. The number of unbranched alkanes of at least 4 members (excludes halogenated alkanes) is 6. The van der Waals surface area contributed by atoms with Gasteiger partial charge in [-0.3, -0.25) is 0 Å². The van der Waals surface area contributed by atoms with Crippen molar-refractivity contribution < 1.29 is 14.9 Å². The standard InChI is InChI=1S/C26H46O3/c1-3-5-7-10-16-24(20-27)18-26(29-22-23-14-12-9-13-15-23)19-25(21-28)17-11-8-6-4-2/h9,12-15,24-28H,3-8,10-11,16-22H2,1-2H3/t24-,25+,26?. The molecule has 0 aliphatic carbocycles. The highest BCUT2D eigenvalue weighted by atomic mass is 16.5. The van der Waals surface area contributed by atoms with Crippen LogP contribution in [0.15, 0.2) is 30.3 Å². The molecule has 2 N–H and O–H groups in total. The Labute approximate surface area is 179 Å². The SMILES string of the molecule is CCCCCC[C@@H](CO)CC(C[C@@H](CO)CCCCCC)OCc1ccccc1. The maximum atomic E-state index is 9.90. The molecule has 1 aromatic rings. The average Bonchev–Trinajstić information content (AvgIpc) is 2.76. The quantitative estimate of drug-likeness (QED) is 0.257. The summed E-state index contributed by atoms with van der Waals surface area (Å²) in [5.74, 6) is 0.596. The third kappa shape index (κ3) is 13.1. The molecule has 3 nitrogen and oxygen atoms in total. The van der Waals surface area contributed by atoms with Gasteiger partial charge in [0.05, 0.1) is 12.7 Å². The second-order valence-electron chi connectivity index (χ2n) is 8.69. The zero-order valence-electron chi connectivity index (χ0n) is 19.0. The van der Waals surface area contributed by atoms with E-state index < -0.39 is 0 Å². The van der Waals surface area contributed by atoms with Gasteiger partial charge in [-0.05, 0) is 43.1 Å². The smallest absolute Gasteiger partial charge is 0.0720 e. The lowest BCUT2D eigenvalue weighted by atomic mass is 9.89. The van der Waals surface area contributed by atoms with Crippen molar-refractivity contribution in [1.82, 2.24) is 0 Å². The van der Waals surface area contributed by atoms with Crippen molar-refractivity contribution >= 4 is 0 Å². The van der Waals surface area contributed by atoms with Gasteiger partial charge in [0.1, 0.15) is 0 Å². The first-order valence-electron chi connectivity index (χ1n) is 12.1. The maximum absolute atomic E-state index is 9.90. The molecule has 0 bridgehead atoms. The minimum Gasteiger partial charge on any atom is -0.396 e. The second-order valence-corrected chi connectivity index (χ2v) is 8.69. The van der Waals surface area contributed by atoms with E-state index in [0.717, 1.165) is 25.7 Å². The lowest BCUT2D eigenvalue weighted by Gasteiger charge is -2.26. The van der Waals surface area contributed by atoms with E-state index in [9.17, 15) is 10.2 Å². The van der Waals surface area contributed by atoms with Gasteiger partial charge in [0.15, 0.2) is 0 Å². The van der Waals surface area contributed by atoms with E-state index >= 15 is 0 Å². The molecular weight excluding hydrogens is 360 g/mol. The third-order valence-corrected chi connectivity index (χ3v) is 5.97. The lowest BCUT2D eigenvalue weighted by Crippen LogP contribution is -2.24. The number of rotatable bonds is 19. The van der Waals surface area contributed by atoms with Crippen molar-refractivity contribution in [2.24, 2.45) is 11.8 Å². The number of aliphatic hydroxyl groups excluding tert-OH is 2. The monoisotopic (exact) mass is 406 g/mol. The zero-order valence-corrected chi connectivity index (χ0v) is 19.0. The number of hydrogen-bond acceptors (Lipinski definition) is 3. The normalized spacial score (nSPS) is 14.6. The van der Waals surface area contributed by atoms with Crippen LogP contribution in [0.25, 0.3) is 0 Å². The van der Waals surface area contributed by atoms with Crippen LogP contribution >= 0.6 is 0 Å². The summed E-state index contributed by atoms with van der Waals surface area (Å²) in [6.45, 7) is 5.53. The van der Waals surface area contributed by atoms with Crippen LogP contribution in [0, 0.1) is 11.8 Å². The van der Waals surface area contributed by atoms with E-state index in [1.165, 1.54) is 56.9 Å². The summed E-state index contributed by atoms with van der Waals surface area (Å²) < 4.78 is 6.33. The van der Waals surface area contributed by atoms with Crippen molar-refractivity contribution in [2.75, 3.05) is 13.2 Å². The van der Waals surface area contributed by atoms with E-state index in [2.05, 4.69) is 26.0 Å². The lowest BCUT2D eigenvalue weighted by molar-refractivity contribution is -0.00508. The summed E-state index contributed by atoms with van der Waals surface area (Å²) in [7, 11) is 0. The van der Waals surface area contributed by atoms with Crippen molar-refractivity contribution in [3.8, 4) is 0 Å². The van der Waals surface area contributed by atoms with E-state index in [0.29, 0.717) is 18.4 Å². The Morgan fingerprint density at radius 2 is 1.24 bits per heavy atom. The summed E-state index contributed by atoms with van der Waals surface area (Å²) in [6, 6.07) is 10.3. The number of benzene rings is 1. The maximum Gasteiger partial charge on any atom is 0.0720 e. The highest BCUT2D eigenvalue weighted by Crippen LogP contribution is 2.25. The molecule has 0 fully saturated rings. The molecule has 3 atom stereocenters. The fourth-order valence-corrected chi connectivity index (χ4v) is 4.05. The first-order valence-corrected chi connectivity index (χ1v) is 12.1. The first-order chi connectivity index (χ1) is 14.2. The van der Waals surface area contributed by atoms with Crippen molar-refractivity contribution in [1.29, 1.82) is 0 Å². The van der Waals surface area contributed by atoms with Gasteiger partial charge >= 0.3 is 0 Å². The predicted octanol–water partition coefficient (Wildman–Crippen LogP) is 6.51. The molecule has 3 heteroatoms. The summed E-state index contributed by atoms with van der Waals surface area (Å²) >= 11 is 0. The van der Waals surface area contributed by atoms with Crippen molar-refractivity contribution in [3.05, 3.63) is 35.9 Å². The highest BCUT2D eigenvalue weighted by molar-refractivity contribution is 5.13. The second kappa shape index (κ2) is 17.9. The molecule has 0 aliphatic rings. The Morgan fingerprint density at radius 3 is 1.69 bits per heavy atom. The van der Waals surface area contributed by atoms with Gasteiger partial charge in [0, 0.05) is 13.2 Å². The predicted molar refractivity (Wildman–Crippen MR) is 123 cm³/mol. The molecule has 0 saturated carbocycles. The van der Waals surface area contributed by atoms with Crippen molar-refractivity contribution in [3.63, 3.8) is 0 Å². The molecule has 1 rings (SSSR count). The van der Waals surface area contributed by atoms with E-state index in [1.807, 2.05) is 18.2 Å². The average molecular weight is 407 g/mol. The Hall–Kier alpha value is -0.900. The molecule has 0 radical (unpaired) electrons. The first kappa shape index (κ1) is 26.1. The molecule has 1 aromatic carbocycles. The van der Waals surface area contributed by atoms with E-state index in [1.54, 1.807) is 0 Å². The summed E-state index contributed by atoms with van der Waals surface area (Å²) in [4.78, 5) is 0. The van der Waals surface area contributed by atoms with E-state index in [4.69, 9.17) is 4.74 Å². The number of hydrogen-bond donors (Lipinski definition) is 2. The van der Waals surface area contributed by atoms with Crippen LogP contribution in [-0.2, 0) is 11.3 Å². The minimum absolute atomic E-state index is 0.0989. The number of ether oxygens (including phenoxy) is 1. The van der Waals surface area contributed by atoms with Gasteiger partial charge in [-0.2, -0.15) is 0 Å². The molecule has 29 heavy (non-hydrogen) atoms. The van der Waals surface area contributed by atoms with Crippen LogP contribution < -0.4 is 0 Å². The van der Waals surface area contributed by atoms with Crippen LogP contribution in [-0.4, -0.2) is 29.5 Å². The Balaban J connectivity index is 2.59. The molecule has 0 aromatic heterocycles. The molecule has 0 saturated heterocycles. The van der Waals surface area contributed by atoms with Gasteiger partial charge in [0.2, 0.25) is 0 Å². The minimum atomic E-state index is 0.0989. The Kier molecular flexibility index (Phi) is 16.1. The molecule has 0 spiro atoms. The van der Waals surface area contributed by atoms with Crippen LogP contribution in [0.2, 0.25) is 0 Å². The van der Waals surface area contributed by atoms with E-state index in [-0.39, 0.29) is 19.3 Å². The van der Waals surface area contributed by atoms with Gasteiger partial charge in [-0.15, -0.1) is 0 Å². The third-order valence-electron chi connectivity index (χ3n) is 5.97. The molecule has 1 unspecified atom stereocenters. The zero-order chi connectivity index (χ0) is 21.2. The van der Waals surface area contributed by atoms with Gasteiger partial charge in [-0.25, -0.2) is 0 Å². The van der Waals surface area contributed by atoms with Crippen molar-refractivity contribution in [2.45, 2.75) is 104 Å². The molecule has 0 heterocycles. The van der Waals surface area contributed by atoms with Crippen LogP contribution in [0.1, 0.15) is 96.5 Å². The largest absolute Gasteiger partial charge is 0.396 e. The molecular formula is C26H46O3. The fraction of sp³-hybridized carbons (Fsp3) is 0.769. The number of aliphatic hydroxyl groups is 2. The van der Waals surface area contributed by atoms with Crippen LogP contribution in [0.5, 0.6) is 0 Å². The molecule has 0 aliphatic heterocycles. The summed E-state index contributed by atoms with van der Waals surface area (Å²) in [6.07, 6.45) is 13.9. The fourth-order valence-electron chi connectivity index (χ4n) is 4.05. The Morgan fingerprint density at radius 1 is 0.724 bits per heavy atom. The van der Waals surface area contributed by atoms with Gasteiger partial charge in [0.25, 0.3) is 0 Å². The van der Waals surface area contributed by atoms with Gasteiger partial charge < -0.3 is 14.9 Å². The topological polar surface area (TPSA) is 49.7 Å². The van der Waals surface area contributed by atoms with Crippen LogP contribution in [0.3, 0.4) is 0 Å². The van der Waals surface area contributed by atoms with Gasteiger partial charge in [-0.1, -0.05) is 95.5 Å². The van der Waals surface area contributed by atoms with Crippen LogP contribution in [0.4, 0.5) is 0 Å². The highest BCUT2D eigenvalue weighted by Gasteiger charge is 2.21. The summed E-state index contributed by atoms with van der Waals surface area (Å²) in [5, 5.41) is 19.8. The molecule has 0 amide bonds.